The number of esters is 1. The molecule has 0 bridgehead atoms. The molecule has 1 aromatic carbocycles. The predicted molar refractivity (Wildman–Crippen MR) is 230 cm³/mol. The summed E-state index contributed by atoms with van der Waals surface area (Å²) in [5, 5.41) is 29.0. The van der Waals surface area contributed by atoms with Gasteiger partial charge in [-0.3, -0.25) is 19.2 Å². The van der Waals surface area contributed by atoms with E-state index >= 15 is 0 Å². The van der Waals surface area contributed by atoms with Crippen LogP contribution < -0.4 is 10.6 Å². The molecule has 12 atom stereocenters. The van der Waals surface area contributed by atoms with Crippen LogP contribution in [0.4, 0.5) is 0 Å². The fourth-order valence-electron chi connectivity index (χ4n) is 14.8. The average molecular weight is 836 g/mol. The third-order valence-corrected chi connectivity index (χ3v) is 18.7. The SMILES string of the molecule is CC(C)C1=C2[C@H]3CC[C@@H]4[C@@]5(C)CC[C@H](OC(=O)[C@H]6C[C@@H](C(=O)O)C6(C)C)C(C)(C)[C@@H]5CC[C@@]4(C)[C@]3(C)CC[C@@]2([C@@H](O)CNC[C@H](C)NC(=O)c2ccc(Cl)cc2)CC1=O. The minimum atomic E-state index is -0.838. The maximum absolute atomic E-state index is 14.1. The monoisotopic (exact) mass is 834 g/mol. The maximum Gasteiger partial charge on any atom is 0.309 e. The lowest BCUT2D eigenvalue weighted by Gasteiger charge is -2.72. The van der Waals surface area contributed by atoms with Gasteiger partial charge in [0.2, 0.25) is 0 Å². The van der Waals surface area contributed by atoms with Crippen LogP contribution in [0.1, 0.15) is 144 Å². The summed E-state index contributed by atoms with van der Waals surface area (Å²) in [6, 6.07) is 6.64. The first kappa shape index (κ1) is 44.3. The van der Waals surface area contributed by atoms with Crippen molar-refractivity contribution in [1.82, 2.24) is 10.6 Å². The number of amides is 1. The Kier molecular flexibility index (Phi) is 11.5. The quantitative estimate of drug-likeness (QED) is 0.162. The van der Waals surface area contributed by atoms with E-state index in [9.17, 15) is 29.4 Å². The predicted octanol–water partition coefficient (Wildman–Crippen LogP) is 9.05. The second kappa shape index (κ2) is 15.3. The van der Waals surface area contributed by atoms with Crippen LogP contribution in [0.5, 0.6) is 0 Å². The Morgan fingerprint density at radius 3 is 2.14 bits per heavy atom. The zero-order valence-electron chi connectivity index (χ0n) is 37.3. The third-order valence-electron chi connectivity index (χ3n) is 18.4. The van der Waals surface area contributed by atoms with Gasteiger partial charge in [-0.05, 0) is 140 Å². The van der Waals surface area contributed by atoms with Gasteiger partial charge in [0.25, 0.3) is 5.91 Å². The first-order valence-electron chi connectivity index (χ1n) is 22.6. The number of halogens is 1. The van der Waals surface area contributed by atoms with Crippen molar-refractivity contribution in [2.24, 2.45) is 68.0 Å². The van der Waals surface area contributed by atoms with Crippen LogP contribution in [-0.2, 0) is 19.1 Å². The molecule has 0 heterocycles. The molecule has 5 saturated carbocycles. The van der Waals surface area contributed by atoms with E-state index in [0.29, 0.717) is 48.4 Å². The van der Waals surface area contributed by atoms with Crippen molar-refractivity contribution in [2.75, 3.05) is 13.1 Å². The number of carbonyl (C=O) groups excluding carboxylic acids is 3. The lowest BCUT2D eigenvalue weighted by Crippen LogP contribution is -2.66. The summed E-state index contributed by atoms with van der Waals surface area (Å²) in [7, 11) is 0. The number of ketones is 1. The van der Waals surface area contributed by atoms with Crippen LogP contribution >= 0.6 is 11.6 Å². The van der Waals surface area contributed by atoms with Crippen molar-refractivity contribution in [3.8, 4) is 0 Å². The largest absolute Gasteiger partial charge is 0.481 e. The number of hydrogen-bond acceptors (Lipinski definition) is 7. The molecule has 0 saturated heterocycles. The fourth-order valence-corrected chi connectivity index (χ4v) is 15.0. The number of hydrogen-bond donors (Lipinski definition) is 4. The van der Waals surface area contributed by atoms with Gasteiger partial charge in [-0.2, -0.15) is 0 Å². The number of aliphatic hydroxyl groups excluding tert-OH is 1. The molecule has 4 N–H and O–H groups in total. The van der Waals surface area contributed by atoms with E-state index in [1.165, 1.54) is 5.57 Å². The van der Waals surface area contributed by atoms with Gasteiger partial charge in [-0.15, -0.1) is 0 Å². The number of benzene rings is 1. The molecule has 0 aliphatic heterocycles. The molecule has 5 fully saturated rings. The van der Waals surface area contributed by atoms with Crippen molar-refractivity contribution in [1.29, 1.82) is 0 Å². The third kappa shape index (κ3) is 6.85. The van der Waals surface area contributed by atoms with E-state index in [2.05, 4.69) is 59.1 Å². The van der Waals surface area contributed by atoms with E-state index in [1.54, 1.807) is 24.3 Å². The lowest BCUT2D eigenvalue weighted by atomic mass is 9.33. The van der Waals surface area contributed by atoms with Crippen molar-refractivity contribution >= 4 is 35.2 Å². The molecule has 0 aromatic heterocycles. The minimum absolute atomic E-state index is 0.0242. The van der Waals surface area contributed by atoms with Gasteiger partial charge in [0.05, 0.1) is 17.9 Å². The Balaban J connectivity index is 1.08. The number of rotatable bonds is 11. The van der Waals surface area contributed by atoms with Crippen molar-refractivity contribution in [2.45, 2.75) is 152 Å². The highest BCUT2D eigenvalue weighted by atomic mass is 35.5. The molecular formula is C49H71ClN2O7. The normalized spacial score (nSPS) is 39.2. The molecule has 9 nitrogen and oxygen atoms in total. The van der Waals surface area contributed by atoms with Gasteiger partial charge in [-0.25, -0.2) is 0 Å². The second-order valence-electron chi connectivity index (χ2n) is 22.2. The fraction of sp³-hybridized carbons (Fsp3) is 0.755. The van der Waals surface area contributed by atoms with Gasteiger partial charge in [0.15, 0.2) is 5.78 Å². The molecule has 6 aliphatic rings. The number of nitrogens with one attached hydrogen (secondary N) is 2. The number of aliphatic hydroxyl groups is 1. The molecule has 326 valence electrons. The number of carbonyl (C=O) groups is 4. The second-order valence-corrected chi connectivity index (χ2v) is 22.6. The summed E-state index contributed by atoms with van der Waals surface area (Å²) in [6.45, 7) is 23.0. The summed E-state index contributed by atoms with van der Waals surface area (Å²) >= 11 is 6.01. The van der Waals surface area contributed by atoms with Gasteiger partial charge in [-0.1, -0.05) is 79.5 Å². The molecule has 59 heavy (non-hydrogen) atoms. The number of ether oxygens (including phenoxy) is 1. The highest BCUT2D eigenvalue weighted by molar-refractivity contribution is 6.30. The maximum atomic E-state index is 14.1. The standard InChI is InChI=1S/C49H71ClN2O7/c1-27(2)39-34(53)24-49(37(54)26-51-25-28(3)52-41(55)29-11-13-30(50)14-12-29)22-21-47(9)31(40(39)49)15-16-36-46(8)19-18-38(45(6,7)35(46)17-20-48(36,47)10)59-43(58)33-23-32(42(56)57)44(33,4)5/h11-14,27-28,31-33,35-38,51,54H,15-26H2,1-10H3,(H,52,55)(H,56,57)/t28-,31+,32-,33+,35-,36+,37-,38-,46-,47+,48+,49-/m0/s1. The Morgan fingerprint density at radius 2 is 1.51 bits per heavy atom. The molecule has 10 heteroatoms. The average Bonchev–Trinajstić information content (AvgIpc) is 3.46. The van der Waals surface area contributed by atoms with Crippen molar-refractivity contribution < 1.29 is 34.1 Å². The summed E-state index contributed by atoms with van der Waals surface area (Å²) < 4.78 is 6.42. The molecule has 7 rings (SSSR count). The summed E-state index contributed by atoms with van der Waals surface area (Å²) in [5.41, 5.74) is 1.32. The van der Waals surface area contributed by atoms with Gasteiger partial charge < -0.3 is 25.6 Å². The topological polar surface area (TPSA) is 142 Å². The Bertz CT molecular complexity index is 1890. The number of carboxylic acids is 1. The number of fused-ring (bicyclic) bond motifs is 7. The van der Waals surface area contributed by atoms with Gasteiger partial charge >= 0.3 is 11.9 Å². The smallest absolute Gasteiger partial charge is 0.309 e. The van der Waals surface area contributed by atoms with Crippen LogP contribution in [0.25, 0.3) is 0 Å². The zero-order valence-corrected chi connectivity index (χ0v) is 38.1. The number of allylic oxidation sites excluding steroid dienone is 1. The van der Waals surface area contributed by atoms with Crippen molar-refractivity contribution in [3.63, 3.8) is 0 Å². The first-order chi connectivity index (χ1) is 27.5. The Hall–Kier alpha value is -2.75. The molecule has 6 aliphatic carbocycles. The first-order valence-corrected chi connectivity index (χ1v) is 23.0. The molecule has 0 unspecified atom stereocenters. The van der Waals surface area contributed by atoms with Crippen LogP contribution in [0.2, 0.25) is 5.02 Å². The van der Waals surface area contributed by atoms with E-state index in [1.807, 2.05) is 20.8 Å². The zero-order chi connectivity index (χ0) is 43.2. The van der Waals surface area contributed by atoms with Crippen LogP contribution in [-0.4, -0.2) is 65.2 Å². The lowest BCUT2D eigenvalue weighted by molar-refractivity contribution is -0.238. The van der Waals surface area contributed by atoms with E-state index in [0.717, 1.165) is 56.9 Å². The molecule has 1 amide bonds. The molecule has 1 aromatic rings. The molecule has 0 spiro atoms. The minimum Gasteiger partial charge on any atom is -0.481 e. The van der Waals surface area contributed by atoms with E-state index in [-0.39, 0.29) is 63.3 Å². The molecular weight excluding hydrogens is 764 g/mol. The highest BCUT2D eigenvalue weighted by Crippen LogP contribution is 2.77. The van der Waals surface area contributed by atoms with E-state index < -0.39 is 34.7 Å². The van der Waals surface area contributed by atoms with E-state index in [4.69, 9.17) is 16.3 Å². The summed E-state index contributed by atoms with van der Waals surface area (Å²) in [4.78, 5) is 52.4. The Morgan fingerprint density at radius 1 is 0.831 bits per heavy atom. The van der Waals surface area contributed by atoms with Crippen LogP contribution in [0.15, 0.2) is 35.4 Å². The van der Waals surface area contributed by atoms with Crippen LogP contribution in [0.3, 0.4) is 0 Å². The summed E-state index contributed by atoms with van der Waals surface area (Å²) in [6.07, 6.45) is 7.44. The number of aliphatic carboxylic acids is 1. The number of carboxylic acid groups (broad SMARTS) is 1. The van der Waals surface area contributed by atoms with Crippen LogP contribution in [0, 0.1) is 68.0 Å². The Labute approximate surface area is 357 Å². The number of Topliss-reactive ketones (excluding diaryl/α,β-unsaturated/α-hetero) is 1. The summed E-state index contributed by atoms with van der Waals surface area (Å²) in [5.74, 6) is -0.847. The molecule has 0 radical (unpaired) electrons. The van der Waals surface area contributed by atoms with Gasteiger partial charge in [0, 0.05) is 47.0 Å². The van der Waals surface area contributed by atoms with Gasteiger partial charge in [0.1, 0.15) is 6.10 Å². The highest BCUT2D eigenvalue weighted by Gasteiger charge is 2.71. The van der Waals surface area contributed by atoms with Crippen molar-refractivity contribution in [3.05, 3.63) is 46.0 Å².